The highest BCUT2D eigenvalue weighted by molar-refractivity contribution is 5.96. The Bertz CT molecular complexity index is 820. The summed E-state index contributed by atoms with van der Waals surface area (Å²) in [4.78, 5) is 12.8. The van der Waals surface area contributed by atoms with Crippen LogP contribution in [0.4, 0.5) is 14.5 Å². The number of rotatable bonds is 6. The van der Waals surface area contributed by atoms with Gasteiger partial charge in [0.05, 0.1) is 0 Å². The van der Waals surface area contributed by atoms with E-state index in [9.17, 15) is 13.6 Å². The minimum Gasteiger partial charge on any atom is -0.435 e. The van der Waals surface area contributed by atoms with Crippen LogP contribution >= 0.6 is 0 Å². The first-order valence-corrected chi connectivity index (χ1v) is 7.66. The summed E-state index contributed by atoms with van der Waals surface area (Å²) in [6.45, 7) is -2.91. The van der Waals surface area contributed by atoms with E-state index in [0.29, 0.717) is 5.69 Å². The molecule has 0 fully saturated rings. The summed E-state index contributed by atoms with van der Waals surface area (Å²) in [6.07, 6.45) is 3.60. The molecule has 0 aliphatic carbocycles. The lowest BCUT2D eigenvalue weighted by molar-refractivity contribution is -0.118. The predicted octanol–water partition coefficient (Wildman–Crippen LogP) is 4.32. The normalized spacial score (nSPS) is 12.0. The maximum Gasteiger partial charge on any atom is 0.387 e. The Hall–Kier alpha value is -3.15. The summed E-state index contributed by atoms with van der Waals surface area (Å²) < 4.78 is 30.8. The van der Waals surface area contributed by atoms with Gasteiger partial charge in [0, 0.05) is 24.1 Å². The van der Waals surface area contributed by atoms with Gasteiger partial charge in [-0.15, -0.1) is 0 Å². The van der Waals surface area contributed by atoms with E-state index >= 15 is 0 Å². The summed E-state index contributed by atoms with van der Waals surface area (Å²) in [5, 5.41) is 2.76. The second kappa shape index (κ2) is 7.61. The third-order valence-electron chi connectivity index (χ3n) is 3.62. The second-order valence-corrected chi connectivity index (χ2v) is 5.34. The molecule has 6 heteroatoms. The summed E-state index contributed by atoms with van der Waals surface area (Å²) in [7, 11) is 0. The predicted molar refractivity (Wildman–Crippen MR) is 90.7 cm³/mol. The number of amides is 1. The van der Waals surface area contributed by atoms with Crippen LogP contribution in [0.25, 0.3) is 0 Å². The van der Waals surface area contributed by atoms with Gasteiger partial charge in [0.25, 0.3) is 5.91 Å². The molecule has 25 heavy (non-hydrogen) atoms. The van der Waals surface area contributed by atoms with E-state index in [2.05, 4.69) is 10.1 Å². The summed E-state index contributed by atoms with van der Waals surface area (Å²) in [6, 6.07) is 18.3. The van der Waals surface area contributed by atoms with Crippen molar-refractivity contribution >= 4 is 11.6 Å². The Morgan fingerprint density at radius 2 is 1.68 bits per heavy atom. The van der Waals surface area contributed by atoms with E-state index < -0.39 is 12.7 Å². The fourth-order valence-electron chi connectivity index (χ4n) is 2.57. The van der Waals surface area contributed by atoms with Crippen molar-refractivity contribution in [2.75, 3.05) is 5.32 Å². The van der Waals surface area contributed by atoms with Gasteiger partial charge in [-0.25, -0.2) is 0 Å². The maximum absolute atomic E-state index is 12.8. The van der Waals surface area contributed by atoms with Crippen LogP contribution in [0.15, 0.2) is 79.1 Å². The molecule has 4 nitrogen and oxygen atoms in total. The standard InChI is InChI=1S/C19H16F2N2O2/c20-19(21)25-16-10-6-9-15(13-16)22-18(24)17(23-11-4-5-12-23)14-7-2-1-3-8-14/h1-13,17,19H,(H,22,24). The number of carbonyl (C=O) groups excluding carboxylic acids is 1. The molecule has 0 aliphatic rings. The summed E-state index contributed by atoms with van der Waals surface area (Å²) in [5.41, 5.74) is 1.20. The quantitative estimate of drug-likeness (QED) is 0.725. The van der Waals surface area contributed by atoms with Crippen molar-refractivity contribution in [3.63, 3.8) is 0 Å². The molecule has 1 heterocycles. The van der Waals surface area contributed by atoms with Crippen LogP contribution in [-0.4, -0.2) is 17.1 Å². The number of halogens is 2. The van der Waals surface area contributed by atoms with Crippen LogP contribution in [0.5, 0.6) is 5.75 Å². The minimum absolute atomic E-state index is 0.00924. The lowest BCUT2D eigenvalue weighted by atomic mass is 10.1. The largest absolute Gasteiger partial charge is 0.435 e. The lowest BCUT2D eigenvalue weighted by Gasteiger charge is -2.19. The average molecular weight is 342 g/mol. The smallest absolute Gasteiger partial charge is 0.387 e. The van der Waals surface area contributed by atoms with Gasteiger partial charge in [0.15, 0.2) is 0 Å². The van der Waals surface area contributed by atoms with E-state index in [1.165, 1.54) is 12.1 Å². The Kier molecular flexibility index (Phi) is 5.09. The van der Waals surface area contributed by atoms with E-state index in [4.69, 9.17) is 0 Å². The van der Waals surface area contributed by atoms with E-state index in [-0.39, 0.29) is 11.7 Å². The number of ether oxygens (including phenoxy) is 1. The molecule has 2 aromatic carbocycles. The number of alkyl halides is 2. The van der Waals surface area contributed by atoms with Gasteiger partial charge in [-0.1, -0.05) is 36.4 Å². The van der Waals surface area contributed by atoms with Crippen LogP contribution in [0.1, 0.15) is 11.6 Å². The zero-order chi connectivity index (χ0) is 17.6. The number of carbonyl (C=O) groups is 1. The molecule has 0 aliphatic heterocycles. The molecule has 1 N–H and O–H groups in total. The van der Waals surface area contributed by atoms with Gasteiger partial charge in [-0.3, -0.25) is 4.79 Å². The molecule has 3 rings (SSSR count). The van der Waals surface area contributed by atoms with Gasteiger partial charge in [-0.2, -0.15) is 8.78 Å². The van der Waals surface area contributed by atoms with Gasteiger partial charge in [-0.05, 0) is 29.8 Å². The second-order valence-electron chi connectivity index (χ2n) is 5.34. The van der Waals surface area contributed by atoms with Crippen molar-refractivity contribution < 1.29 is 18.3 Å². The maximum atomic E-state index is 12.8. The minimum atomic E-state index is -2.91. The van der Waals surface area contributed by atoms with Crippen molar-refractivity contribution in [3.8, 4) is 5.75 Å². The number of anilines is 1. The van der Waals surface area contributed by atoms with Crippen LogP contribution in [0.3, 0.4) is 0 Å². The number of hydrogen-bond acceptors (Lipinski definition) is 2. The third-order valence-corrected chi connectivity index (χ3v) is 3.62. The fraction of sp³-hybridized carbons (Fsp3) is 0.105. The Morgan fingerprint density at radius 3 is 2.36 bits per heavy atom. The molecule has 3 aromatic rings. The molecule has 1 amide bonds. The number of benzene rings is 2. The SMILES string of the molecule is O=C(Nc1cccc(OC(F)F)c1)C(c1ccccc1)n1cccc1. The highest BCUT2D eigenvalue weighted by atomic mass is 19.3. The van der Waals surface area contributed by atoms with Crippen molar-refractivity contribution in [1.29, 1.82) is 0 Å². The summed E-state index contributed by atoms with van der Waals surface area (Å²) in [5.74, 6) is -0.290. The van der Waals surface area contributed by atoms with Crippen LogP contribution in [-0.2, 0) is 4.79 Å². The number of nitrogens with one attached hydrogen (secondary N) is 1. The van der Waals surface area contributed by atoms with Crippen molar-refractivity contribution in [2.24, 2.45) is 0 Å². The molecule has 1 atom stereocenters. The van der Waals surface area contributed by atoms with E-state index in [1.807, 2.05) is 42.5 Å². The molecule has 0 spiro atoms. The Labute approximate surface area is 143 Å². The van der Waals surface area contributed by atoms with Gasteiger partial charge >= 0.3 is 6.61 Å². The van der Waals surface area contributed by atoms with Crippen LogP contribution in [0, 0.1) is 0 Å². The van der Waals surface area contributed by atoms with Gasteiger partial charge in [0.1, 0.15) is 11.8 Å². The zero-order valence-corrected chi connectivity index (χ0v) is 13.2. The van der Waals surface area contributed by atoms with Crippen molar-refractivity contribution in [1.82, 2.24) is 4.57 Å². The first-order valence-electron chi connectivity index (χ1n) is 7.66. The highest BCUT2D eigenvalue weighted by Gasteiger charge is 2.22. The molecule has 1 aromatic heterocycles. The number of hydrogen-bond donors (Lipinski definition) is 1. The molecule has 0 radical (unpaired) electrons. The number of aromatic nitrogens is 1. The zero-order valence-electron chi connectivity index (χ0n) is 13.2. The van der Waals surface area contributed by atoms with Gasteiger partial charge in [0.2, 0.25) is 0 Å². The third kappa shape index (κ3) is 4.23. The first-order chi connectivity index (χ1) is 12.1. The van der Waals surface area contributed by atoms with Crippen molar-refractivity contribution in [2.45, 2.75) is 12.7 Å². The molecule has 128 valence electrons. The monoisotopic (exact) mass is 342 g/mol. The van der Waals surface area contributed by atoms with Crippen molar-refractivity contribution in [3.05, 3.63) is 84.7 Å². The number of nitrogens with zero attached hydrogens (tertiary/aromatic N) is 1. The lowest BCUT2D eigenvalue weighted by Crippen LogP contribution is -2.26. The first kappa shape index (κ1) is 16.7. The molecular formula is C19H16F2N2O2. The van der Waals surface area contributed by atoms with Gasteiger partial charge < -0.3 is 14.6 Å². The Balaban J connectivity index is 1.84. The Morgan fingerprint density at radius 1 is 0.960 bits per heavy atom. The molecule has 0 saturated carbocycles. The average Bonchev–Trinajstić information content (AvgIpc) is 3.10. The van der Waals surface area contributed by atoms with Crippen LogP contribution < -0.4 is 10.1 Å². The highest BCUT2D eigenvalue weighted by Crippen LogP contribution is 2.23. The van der Waals surface area contributed by atoms with E-state index in [0.717, 1.165) is 5.56 Å². The topological polar surface area (TPSA) is 43.3 Å². The van der Waals surface area contributed by atoms with E-state index in [1.54, 1.807) is 29.1 Å². The molecule has 0 bridgehead atoms. The summed E-state index contributed by atoms with van der Waals surface area (Å²) >= 11 is 0. The molecular weight excluding hydrogens is 326 g/mol. The molecule has 0 saturated heterocycles. The van der Waals surface area contributed by atoms with Crippen LogP contribution in [0.2, 0.25) is 0 Å². The fourth-order valence-corrected chi connectivity index (χ4v) is 2.57. The molecule has 1 unspecified atom stereocenters.